The van der Waals surface area contributed by atoms with Crippen molar-refractivity contribution in [1.29, 1.82) is 0 Å². The summed E-state index contributed by atoms with van der Waals surface area (Å²) < 4.78 is 6.11. The third-order valence-electron chi connectivity index (χ3n) is 9.87. The molecule has 1 heteroatoms. The number of hydrogen-bond acceptors (Lipinski definition) is 1. The maximum absolute atomic E-state index is 6.11. The van der Waals surface area contributed by atoms with Crippen molar-refractivity contribution in [2.24, 2.45) is 5.92 Å². The van der Waals surface area contributed by atoms with Gasteiger partial charge in [0.1, 0.15) is 11.2 Å². The molecule has 224 valence electrons. The summed E-state index contributed by atoms with van der Waals surface area (Å²) in [6.45, 7) is 4.44. The molecule has 0 saturated carbocycles. The number of aryl methyl sites for hydroxylation is 1. The Morgan fingerprint density at radius 2 is 1.09 bits per heavy atom. The van der Waals surface area contributed by atoms with E-state index < -0.39 is 0 Å². The van der Waals surface area contributed by atoms with Crippen molar-refractivity contribution in [2.75, 3.05) is 0 Å². The van der Waals surface area contributed by atoms with Crippen molar-refractivity contribution >= 4 is 49.1 Å². The van der Waals surface area contributed by atoms with Crippen LogP contribution in [0.25, 0.3) is 82.4 Å². The predicted octanol–water partition coefficient (Wildman–Crippen LogP) is 13.2. The average molecular weight is 603 g/mol. The highest BCUT2D eigenvalue weighted by Gasteiger charge is 2.19. The van der Waals surface area contributed by atoms with Crippen LogP contribution in [0.2, 0.25) is 0 Å². The van der Waals surface area contributed by atoms with E-state index in [9.17, 15) is 0 Å². The van der Waals surface area contributed by atoms with Crippen molar-refractivity contribution in [2.45, 2.75) is 20.3 Å². The maximum Gasteiger partial charge on any atom is 0.135 e. The van der Waals surface area contributed by atoms with Crippen LogP contribution in [0.4, 0.5) is 0 Å². The fourth-order valence-corrected chi connectivity index (χ4v) is 7.40. The van der Waals surface area contributed by atoms with Crippen molar-refractivity contribution in [3.8, 4) is 33.4 Å². The lowest BCUT2D eigenvalue weighted by atomic mass is 9.83. The Bertz CT molecular complexity index is 2560. The van der Waals surface area contributed by atoms with Crippen LogP contribution in [0.3, 0.4) is 0 Å². The van der Waals surface area contributed by atoms with Crippen molar-refractivity contribution in [3.63, 3.8) is 0 Å². The molecule has 0 fully saturated rings. The second-order valence-electron chi connectivity index (χ2n) is 13.0. The molecule has 0 bridgehead atoms. The SMILES string of the molecule is Cc1ccc(-c2c3ccccc3c(C3=CCC(C)C=C3)c3ccc(-c4cccc(-c5ccc6oc7ccccc7c6c5)c4)cc23)cc1. The number of rotatable bonds is 4. The molecular weight excluding hydrogens is 569 g/mol. The van der Waals surface area contributed by atoms with E-state index in [2.05, 4.69) is 153 Å². The van der Waals surface area contributed by atoms with Gasteiger partial charge in [-0.05, 0) is 116 Å². The van der Waals surface area contributed by atoms with Gasteiger partial charge in [0.15, 0.2) is 0 Å². The molecule has 1 unspecified atom stereocenters. The monoisotopic (exact) mass is 602 g/mol. The fourth-order valence-electron chi connectivity index (χ4n) is 7.40. The number of furan rings is 1. The molecule has 0 spiro atoms. The van der Waals surface area contributed by atoms with Gasteiger partial charge in [-0.15, -0.1) is 0 Å². The molecule has 1 atom stereocenters. The summed E-state index contributed by atoms with van der Waals surface area (Å²) in [7, 11) is 0. The number of para-hydroxylation sites is 1. The normalized spacial score (nSPS) is 14.8. The summed E-state index contributed by atoms with van der Waals surface area (Å²) in [5, 5.41) is 7.47. The molecular formula is C46H34O. The second kappa shape index (κ2) is 11.0. The van der Waals surface area contributed by atoms with Gasteiger partial charge in [-0.2, -0.15) is 0 Å². The van der Waals surface area contributed by atoms with Crippen molar-refractivity contribution < 1.29 is 4.42 Å². The molecule has 0 radical (unpaired) electrons. The molecule has 0 N–H and O–H groups in total. The Morgan fingerprint density at radius 3 is 1.83 bits per heavy atom. The van der Waals surface area contributed by atoms with Gasteiger partial charge in [0.2, 0.25) is 0 Å². The first-order valence-electron chi connectivity index (χ1n) is 16.6. The first kappa shape index (κ1) is 27.6. The van der Waals surface area contributed by atoms with Crippen molar-refractivity contribution in [1.82, 2.24) is 0 Å². The summed E-state index contributed by atoms with van der Waals surface area (Å²) in [6, 6.07) is 48.8. The van der Waals surface area contributed by atoms with E-state index in [-0.39, 0.29) is 0 Å². The third-order valence-corrected chi connectivity index (χ3v) is 9.87. The number of allylic oxidation sites excluding steroid dienone is 4. The van der Waals surface area contributed by atoms with E-state index >= 15 is 0 Å². The van der Waals surface area contributed by atoms with Gasteiger partial charge in [-0.1, -0.05) is 134 Å². The maximum atomic E-state index is 6.11. The molecule has 9 rings (SSSR count). The van der Waals surface area contributed by atoms with Gasteiger partial charge in [-0.25, -0.2) is 0 Å². The summed E-state index contributed by atoms with van der Waals surface area (Å²) in [5.41, 5.74) is 13.1. The molecule has 1 heterocycles. The number of fused-ring (bicyclic) bond motifs is 5. The largest absolute Gasteiger partial charge is 0.456 e. The Hall–Kier alpha value is -5.66. The van der Waals surface area contributed by atoms with Crippen LogP contribution >= 0.6 is 0 Å². The topological polar surface area (TPSA) is 13.1 Å². The lowest BCUT2D eigenvalue weighted by molar-refractivity contribution is 0.669. The first-order valence-corrected chi connectivity index (χ1v) is 16.6. The predicted molar refractivity (Wildman–Crippen MR) is 201 cm³/mol. The number of benzene rings is 7. The number of hydrogen-bond donors (Lipinski definition) is 0. The molecule has 0 amide bonds. The van der Waals surface area contributed by atoms with Crippen molar-refractivity contribution in [3.05, 3.63) is 163 Å². The van der Waals surface area contributed by atoms with Gasteiger partial charge in [0, 0.05) is 10.8 Å². The van der Waals surface area contributed by atoms with Gasteiger partial charge >= 0.3 is 0 Å². The van der Waals surface area contributed by atoms with E-state index in [0.29, 0.717) is 5.92 Å². The average Bonchev–Trinajstić information content (AvgIpc) is 3.49. The molecule has 47 heavy (non-hydrogen) atoms. The van der Waals surface area contributed by atoms with Crippen LogP contribution in [-0.2, 0) is 0 Å². The Kier molecular flexibility index (Phi) is 6.47. The molecule has 1 nitrogen and oxygen atoms in total. The quantitative estimate of drug-likeness (QED) is 0.183. The summed E-state index contributed by atoms with van der Waals surface area (Å²) >= 11 is 0. The zero-order valence-corrected chi connectivity index (χ0v) is 26.6. The van der Waals surface area contributed by atoms with Crippen LogP contribution in [0.1, 0.15) is 24.5 Å². The van der Waals surface area contributed by atoms with Crippen LogP contribution in [-0.4, -0.2) is 0 Å². The van der Waals surface area contributed by atoms with E-state index in [4.69, 9.17) is 4.42 Å². The Balaban J connectivity index is 1.26. The minimum atomic E-state index is 0.565. The molecule has 1 aliphatic rings. The molecule has 1 aliphatic carbocycles. The standard InChI is InChI=1S/C46H34O/c1-29-14-18-31(19-15-29)45-38-11-3-4-12-39(38)46(32-20-16-30(2)17-21-32)42-28-35(22-24-40(42)45)33-8-7-9-34(26-33)36-23-25-44-41(27-36)37-10-5-6-13-43(37)47-44/h3-14,16-29H,15H2,1-2H3. The fraction of sp³-hybridized carbons (Fsp3) is 0.0870. The van der Waals surface area contributed by atoms with E-state index in [1.165, 1.54) is 71.6 Å². The minimum absolute atomic E-state index is 0.565. The Morgan fingerprint density at radius 1 is 0.489 bits per heavy atom. The Labute approximate surface area is 275 Å². The summed E-state index contributed by atoms with van der Waals surface area (Å²) in [4.78, 5) is 0. The van der Waals surface area contributed by atoms with E-state index in [1.807, 2.05) is 12.1 Å². The molecule has 7 aromatic carbocycles. The summed E-state index contributed by atoms with van der Waals surface area (Å²) in [5.74, 6) is 0.565. The first-order chi connectivity index (χ1) is 23.1. The van der Waals surface area contributed by atoms with Crippen LogP contribution in [0, 0.1) is 12.8 Å². The third kappa shape index (κ3) is 4.70. The van der Waals surface area contributed by atoms with Crippen LogP contribution in [0.15, 0.2) is 156 Å². The zero-order chi connectivity index (χ0) is 31.5. The van der Waals surface area contributed by atoms with Crippen LogP contribution < -0.4 is 0 Å². The van der Waals surface area contributed by atoms with Gasteiger partial charge in [-0.3, -0.25) is 0 Å². The smallest absolute Gasteiger partial charge is 0.135 e. The molecule has 8 aromatic rings. The highest BCUT2D eigenvalue weighted by Crippen LogP contribution is 2.44. The highest BCUT2D eigenvalue weighted by atomic mass is 16.3. The molecule has 0 aliphatic heterocycles. The lowest BCUT2D eigenvalue weighted by Gasteiger charge is -2.21. The highest BCUT2D eigenvalue weighted by molar-refractivity contribution is 6.20. The lowest BCUT2D eigenvalue weighted by Crippen LogP contribution is -1.98. The van der Waals surface area contributed by atoms with E-state index in [1.54, 1.807) is 0 Å². The second-order valence-corrected chi connectivity index (χ2v) is 13.0. The van der Waals surface area contributed by atoms with Gasteiger partial charge in [0.25, 0.3) is 0 Å². The molecule has 1 aromatic heterocycles. The van der Waals surface area contributed by atoms with Crippen LogP contribution in [0.5, 0.6) is 0 Å². The van der Waals surface area contributed by atoms with Gasteiger partial charge < -0.3 is 4.42 Å². The summed E-state index contributed by atoms with van der Waals surface area (Å²) in [6.07, 6.45) is 8.17. The van der Waals surface area contributed by atoms with E-state index in [0.717, 1.165) is 28.4 Å². The zero-order valence-electron chi connectivity index (χ0n) is 26.6. The van der Waals surface area contributed by atoms with Gasteiger partial charge in [0.05, 0.1) is 0 Å². The minimum Gasteiger partial charge on any atom is -0.456 e. The molecule has 0 saturated heterocycles.